The van der Waals surface area contributed by atoms with Crippen LogP contribution in [0, 0.1) is 5.92 Å². The van der Waals surface area contributed by atoms with E-state index in [1.54, 1.807) is 60.3 Å². The van der Waals surface area contributed by atoms with Gasteiger partial charge in [0.25, 0.3) is 10.0 Å². The fourth-order valence-electron chi connectivity index (χ4n) is 3.06. The van der Waals surface area contributed by atoms with Crippen molar-refractivity contribution < 1.29 is 13.2 Å². The smallest absolute Gasteiger partial charge is 0.264 e. The molecule has 0 aromatic heterocycles. The van der Waals surface area contributed by atoms with E-state index in [1.807, 2.05) is 0 Å². The van der Waals surface area contributed by atoms with E-state index in [-0.39, 0.29) is 10.1 Å². The van der Waals surface area contributed by atoms with Crippen molar-refractivity contribution in [3.63, 3.8) is 0 Å². The summed E-state index contributed by atoms with van der Waals surface area (Å²) < 4.78 is 28.0. The summed E-state index contributed by atoms with van der Waals surface area (Å²) in [6.07, 6.45) is 0.905. The van der Waals surface area contributed by atoms with Crippen molar-refractivity contribution >= 4 is 33.4 Å². The average molecular weight is 391 g/mol. The van der Waals surface area contributed by atoms with E-state index in [4.69, 9.17) is 5.73 Å². The molecule has 0 fully saturated rings. The number of primary amides is 1. The first-order chi connectivity index (χ1) is 12.3. The van der Waals surface area contributed by atoms with E-state index in [9.17, 15) is 13.2 Å². The number of thioether (sulfide) groups is 1. The quantitative estimate of drug-likeness (QED) is 0.847. The third-order valence-electron chi connectivity index (χ3n) is 4.24. The molecule has 2 aromatic carbocycles. The Hall–Kier alpha value is -1.99. The molecule has 5 nitrogen and oxygen atoms in total. The molecule has 1 heterocycles. The third kappa shape index (κ3) is 3.73. The molecule has 1 aliphatic rings. The molecule has 1 aliphatic heterocycles. The Bertz CT molecular complexity index is 912. The lowest BCUT2D eigenvalue weighted by atomic mass is 10.1. The fourth-order valence-corrected chi connectivity index (χ4v) is 6.26. The van der Waals surface area contributed by atoms with Gasteiger partial charge in [-0.1, -0.05) is 32.0 Å². The minimum absolute atomic E-state index is 0.153. The molecule has 1 amide bonds. The van der Waals surface area contributed by atoms with Crippen LogP contribution in [0.1, 0.15) is 30.6 Å². The number of carbonyl (C=O) groups is 1. The van der Waals surface area contributed by atoms with Crippen molar-refractivity contribution in [3.8, 4) is 0 Å². The van der Waals surface area contributed by atoms with E-state index in [2.05, 4.69) is 13.8 Å². The molecule has 1 atom stereocenters. The maximum Gasteiger partial charge on any atom is 0.264 e. The number of carbonyl (C=O) groups excluding carboxylic acids is 1. The van der Waals surface area contributed by atoms with E-state index >= 15 is 0 Å². The largest absolute Gasteiger partial charge is 0.366 e. The van der Waals surface area contributed by atoms with E-state index in [0.29, 0.717) is 23.7 Å². The Morgan fingerprint density at radius 3 is 2.54 bits per heavy atom. The van der Waals surface area contributed by atoms with Crippen LogP contribution in [-0.4, -0.2) is 26.1 Å². The van der Waals surface area contributed by atoms with Crippen LogP contribution in [0.15, 0.2) is 58.3 Å². The number of sulfonamides is 1. The van der Waals surface area contributed by atoms with Gasteiger partial charge < -0.3 is 5.73 Å². The Morgan fingerprint density at radius 2 is 1.92 bits per heavy atom. The van der Waals surface area contributed by atoms with Gasteiger partial charge in [-0.25, -0.2) is 8.42 Å². The molecule has 0 spiro atoms. The van der Waals surface area contributed by atoms with E-state index in [0.717, 1.165) is 11.3 Å². The highest BCUT2D eigenvalue weighted by Crippen LogP contribution is 2.43. The minimum Gasteiger partial charge on any atom is -0.366 e. The Morgan fingerprint density at radius 1 is 1.23 bits per heavy atom. The molecule has 2 aromatic rings. The molecule has 138 valence electrons. The number of nitrogens with zero attached hydrogens (tertiary/aromatic N) is 1. The second kappa shape index (κ2) is 7.32. The summed E-state index contributed by atoms with van der Waals surface area (Å²) in [6.45, 7) is 4.62. The number of rotatable bonds is 5. The number of hydrogen-bond donors (Lipinski definition) is 1. The SMILES string of the molecule is CC(C)CC1CN(S(=O)(=O)c2ccccc2)c2cc(C(N)=O)ccc2S1. The van der Waals surface area contributed by atoms with Gasteiger partial charge >= 0.3 is 0 Å². The lowest BCUT2D eigenvalue weighted by Gasteiger charge is -2.35. The van der Waals surface area contributed by atoms with Crippen molar-refractivity contribution in [2.75, 3.05) is 10.8 Å². The summed E-state index contributed by atoms with van der Waals surface area (Å²) in [5.74, 6) is -0.112. The van der Waals surface area contributed by atoms with E-state index < -0.39 is 15.9 Å². The maximum atomic E-state index is 13.3. The summed E-state index contributed by atoms with van der Waals surface area (Å²) >= 11 is 1.66. The van der Waals surface area contributed by atoms with Crippen molar-refractivity contribution in [2.45, 2.75) is 35.3 Å². The van der Waals surface area contributed by atoms with Crippen molar-refractivity contribution in [1.82, 2.24) is 0 Å². The molecular formula is C19H22N2O3S2. The van der Waals surface area contributed by atoms with Crippen LogP contribution in [-0.2, 0) is 10.0 Å². The van der Waals surface area contributed by atoms with E-state index in [1.165, 1.54) is 4.31 Å². The molecule has 0 bridgehead atoms. The molecule has 26 heavy (non-hydrogen) atoms. The Labute approximate surface area is 158 Å². The molecule has 2 N–H and O–H groups in total. The van der Waals surface area contributed by atoms with Crippen LogP contribution in [0.25, 0.3) is 0 Å². The molecule has 7 heteroatoms. The Balaban J connectivity index is 2.10. The number of anilines is 1. The first kappa shape index (κ1) is 18.8. The standard InChI is InChI=1S/C19H22N2O3S2/c1-13(2)10-15-12-21(26(23,24)16-6-4-3-5-7-16)17-11-14(19(20)22)8-9-18(17)25-15/h3-9,11,13,15H,10,12H2,1-2H3,(H2,20,22). The number of amides is 1. The third-order valence-corrected chi connectivity index (χ3v) is 7.31. The van der Waals surface area contributed by atoms with Gasteiger partial charge in [0, 0.05) is 22.3 Å². The highest BCUT2D eigenvalue weighted by molar-refractivity contribution is 8.00. The number of benzene rings is 2. The highest BCUT2D eigenvalue weighted by Gasteiger charge is 2.34. The van der Waals surface area contributed by atoms with Gasteiger partial charge in [0.1, 0.15) is 0 Å². The lowest BCUT2D eigenvalue weighted by molar-refractivity contribution is 0.1000. The van der Waals surface area contributed by atoms with Gasteiger partial charge in [-0.05, 0) is 42.7 Å². The summed E-state index contributed by atoms with van der Waals surface area (Å²) in [7, 11) is -3.72. The molecule has 0 saturated heterocycles. The van der Waals surface area contributed by atoms with Crippen molar-refractivity contribution in [1.29, 1.82) is 0 Å². The fraction of sp³-hybridized carbons (Fsp3) is 0.316. The normalized spacial score (nSPS) is 17.2. The highest BCUT2D eigenvalue weighted by atomic mass is 32.2. The number of hydrogen-bond acceptors (Lipinski definition) is 4. The summed E-state index contributed by atoms with van der Waals surface area (Å²) in [6, 6.07) is 13.4. The van der Waals surface area contributed by atoms with Crippen LogP contribution >= 0.6 is 11.8 Å². The van der Waals surface area contributed by atoms with Crippen LogP contribution < -0.4 is 10.0 Å². The van der Waals surface area contributed by atoms with Gasteiger partial charge in [-0.2, -0.15) is 0 Å². The lowest BCUT2D eigenvalue weighted by Crippen LogP contribution is -2.40. The van der Waals surface area contributed by atoms with Gasteiger partial charge in [-0.3, -0.25) is 9.10 Å². The molecule has 3 rings (SSSR count). The minimum atomic E-state index is -3.72. The monoisotopic (exact) mass is 390 g/mol. The van der Waals surface area contributed by atoms with Crippen LogP contribution in [0.4, 0.5) is 5.69 Å². The number of nitrogens with two attached hydrogens (primary N) is 1. The molecule has 0 saturated carbocycles. The second-order valence-electron chi connectivity index (χ2n) is 6.77. The first-order valence-electron chi connectivity index (χ1n) is 8.47. The Kier molecular flexibility index (Phi) is 5.29. The molecule has 0 aliphatic carbocycles. The van der Waals surface area contributed by atoms with Crippen molar-refractivity contribution in [3.05, 3.63) is 54.1 Å². The van der Waals surface area contributed by atoms with Crippen molar-refractivity contribution in [2.24, 2.45) is 11.7 Å². The van der Waals surface area contributed by atoms with Gasteiger partial charge in [0.15, 0.2) is 0 Å². The topological polar surface area (TPSA) is 80.5 Å². The summed E-state index contributed by atoms with van der Waals surface area (Å²) in [5.41, 5.74) is 6.22. The summed E-state index contributed by atoms with van der Waals surface area (Å²) in [5, 5.41) is 0.153. The molecule has 1 unspecified atom stereocenters. The van der Waals surface area contributed by atoms with Crippen LogP contribution in [0.2, 0.25) is 0 Å². The summed E-state index contributed by atoms with van der Waals surface area (Å²) in [4.78, 5) is 12.7. The zero-order valence-corrected chi connectivity index (χ0v) is 16.4. The van der Waals surface area contributed by atoms with Crippen LogP contribution in [0.3, 0.4) is 0 Å². The van der Waals surface area contributed by atoms with Gasteiger partial charge in [0.2, 0.25) is 5.91 Å². The van der Waals surface area contributed by atoms with Gasteiger partial charge in [0.05, 0.1) is 10.6 Å². The van der Waals surface area contributed by atoms with Gasteiger partial charge in [-0.15, -0.1) is 11.8 Å². The predicted octanol–water partition coefficient (Wildman–Crippen LogP) is 3.50. The number of fused-ring (bicyclic) bond motifs is 1. The zero-order chi connectivity index (χ0) is 18.9. The van der Waals surface area contributed by atoms with Crippen LogP contribution in [0.5, 0.6) is 0 Å². The molecule has 0 radical (unpaired) electrons. The zero-order valence-electron chi connectivity index (χ0n) is 14.8. The molecular weight excluding hydrogens is 368 g/mol. The maximum absolute atomic E-state index is 13.3. The predicted molar refractivity (Wildman–Crippen MR) is 105 cm³/mol. The first-order valence-corrected chi connectivity index (χ1v) is 10.8. The second-order valence-corrected chi connectivity index (χ2v) is 9.97. The average Bonchev–Trinajstić information content (AvgIpc) is 2.60.